The third-order valence-electron chi connectivity index (χ3n) is 2.93. The van der Waals surface area contributed by atoms with Crippen LogP contribution >= 0.6 is 0 Å². The van der Waals surface area contributed by atoms with E-state index in [-0.39, 0.29) is 17.7 Å². The molecule has 5 heteroatoms. The summed E-state index contributed by atoms with van der Waals surface area (Å²) < 4.78 is 0. The summed E-state index contributed by atoms with van der Waals surface area (Å²) in [5, 5.41) is 27.5. The molecule has 3 N–H and O–H groups in total. The van der Waals surface area contributed by atoms with Gasteiger partial charge in [-0.15, -0.1) is 0 Å². The molecule has 0 aliphatic heterocycles. The molecule has 0 saturated heterocycles. The summed E-state index contributed by atoms with van der Waals surface area (Å²) in [6, 6.07) is 11.0. The molecule has 0 bridgehead atoms. The summed E-state index contributed by atoms with van der Waals surface area (Å²) in [4.78, 5) is 22.5. The highest BCUT2D eigenvalue weighted by atomic mass is 16.4. The van der Waals surface area contributed by atoms with E-state index in [0.29, 0.717) is 16.7 Å². The molecule has 2 aromatic carbocycles. The van der Waals surface area contributed by atoms with Gasteiger partial charge in [-0.25, -0.2) is 9.59 Å². The maximum Gasteiger partial charge on any atom is 0.337 e. The molecule has 0 aliphatic rings. The molecule has 2 aromatic rings. The largest absolute Gasteiger partial charge is 0.478 e. The lowest BCUT2D eigenvalue weighted by Crippen LogP contribution is -2.09. The fourth-order valence-corrected chi connectivity index (χ4v) is 2.04. The highest BCUT2D eigenvalue weighted by Gasteiger charge is 2.20. The topological polar surface area (TPSA) is 94.8 Å². The standard InChI is InChI=1S/C15H12O5/c16-8-9-3-1-4-10(7-9)11-5-2-6-12(14(17)18)13(11)15(19)20/h1-7,16H,8H2,(H,17,18)(H,19,20). The highest BCUT2D eigenvalue weighted by molar-refractivity contribution is 6.06. The second-order valence-electron chi connectivity index (χ2n) is 4.20. The van der Waals surface area contributed by atoms with E-state index in [0.717, 1.165) is 0 Å². The first kappa shape index (κ1) is 13.8. The zero-order valence-corrected chi connectivity index (χ0v) is 10.4. The second kappa shape index (κ2) is 5.54. The van der Waals surface area contributed by atoms with Crippen molar-refractivity contribution in [2.24, 2.45) is 0 Å². The lowest BCUT2D eigenvalue weighted by atomic mass is 9.94. The Labute approximate surface area is 114 Å². The molecule has 5 nitrogen and oxygen atoms in total. The minimum absolute atomic E-state index is 0.172. The van der Waals surface area contributed by atoms with Crippen molar-refractivity contribution in [3.05, 3.63) is 59.2 Å². The Morgan fingerprint density at radius 2 is 1.65 bits per heavy atom. The molecule has 20 heavy (non-hydrogen) atoms. The molecule has 0 heterocycles. The summed E-state index contributed by atoms with van der Waals surface area (Å²) in [6.45, 7) is -0.172. The van der Waals surface area contributed by atoms with E-state index in [4.69, 9.17) is 10.2 Å². The zero-order valence-electron chi connectivity index (χ0n) is 10.4. The molecule has 0 saturated carbocycles. The van der Waals surface area contributed by atoms with E-state index in [2.05, 4.69) is 0 Å². The molecular formula is C15H12O5. The van der Waals surface area contributed by atoms with Gasteiger partial charge in [-0.2, -0.15) is 0 Å². The van der Waals surface area contributed by atoms with Crippen molar-refractivity contribution in [3.63, 3.8) is 0 Å². The number of carboxylic acid groups (broad SMARTS) is 2. The molecule has 0 amide bonds. The van der Waals surface area contributed by atoms with E-state index in [1.807, 2.05) is 0 Å². The van der Waals surface area contributed by atoms with Gasteiger partial charge in [-0.1, -0.05) is 30.3 Å². The molecule has 0 aliphatic carbocycles. The lowest BCUT2D eigenvalue weighted by Gasteiger charge is -2.10. The number of rotatable bonds is 4. The van der Waals surface area contributed by atoms with E-state index in [1.165, 1.54) is 12.1 Å². The van der Waals surface area contributed by atoms with Crippen LogP contribution in [0.15, 0.2) is 42.5 Å². The minimum atomic E-state index is -1.30. The Morgan fingerprint density at radius 1 is 0.950 bits per heavy atom. The van der Waals surface area contributed by atoms with Crippen molar-refractivity contribution in [1.29, 1.82) is 0 Å². The number of carbonyl (C=O) groups is 2. The van der Waals surface area contributed by atoms with E-state index < -0.39 is 11.9 Å². The Kier molecular flexibility index (Phi) is 3.81. The number of aromatic carboxylic acids is 2. The van der Waals surface area contributed by atoms with Crippen LogP contribution in [0.4, 0.5) is 0 Å². The second-order valence-corrected chi connectivity index (χ2v) is 4.20. The smallest absolute Gasteiger partial charge is 0.337 e. The first-order valence-electron chi connectivity index (χ1n) is 5.84. The van der Waals surface area contributed by atoms with Crippen LogP contribution in [0.5, 0.6) is 0 Å². The van der Waals surface area contributed by atoms with Crippen LogP contribution in [0.25, 0.3) is 11.1 Å². The summed E-state index contributed by atoms with van der Waals surface area (Å²) in [6.07, 6.45) is 0. The fraction of sp³-hybridized carbons (Fsp3) is 0.0667. The van der Waals surface area contributed by atoms with Crippen LogP contribution < -0.4 is 0 Å². The predicted molar refractivity (Wildman–Crippen MR) is 71.7 cm³/mol. The molecule has 0 unspecified atom stereocenters. The van der Waals surface area contributed by atoms with Crippen molar-refractivity contribution >= 4 is 11.9 Å². The van der Waals surface area contributed by atoms with Gasteiger partial charge in [0.05, 0.1) is 17.7 Å². The molecule has 0 spiro atoms. The Balaban J connectivity index is 2.70. The third kappa shape index (κ3) is 2.53. The van der Waals surface area contributed by atoms with Gasteiger partial charge in [-0.3, -0.25) is 0 Å². The predicted octanol–water partition coefficient (Wildman–Crippen LogP) is 2.24. The Hall–Kier alpha value is -2.66. The van der Waals surface area contributed by atoms with Gasteiger partial charge in [0, 0.05) is 0 Å². The third-order valence-corrected chi connectivity index (χ3v) is 2.93. The Bertz CT molecular complexity index is 676. The van der Waals surface area contributed by atoms with E-state index in [1.54, 1.807) is 30.3 Å². The average Bonchev–Trinajstić information content (AvgIpc) is 2.46. The normalized spacial score (nSPS) is 10.2. The average molecular weight is 272 g/mol. The van der Waals surface area contributed by atoms with E-state index in [9.17, 15) is 14.7 Å². The number of carboxylic acids is 2. The van der Waals surface area contributed by atoms with Gasteiger partial charge in [0.2, 0.25) is 0 Å². The molecular weight excluding hydrogens is 260 g/mol. The van der Waals surface area contributed by atoms with Gasteiger partial charge in [0.15, 0.2) is 0 Å². The minimum Gasteiger partial charge on any atom is -0.478 e. The van der Waals surface area contributed by atoms with Crippen LogP contribution in [0.3, 0.4) is 0 Å². The number of aliphatic hydroxyl groups excluding tert-OH is 1. The summed E-state index contributed by atoms with van der Waals surface area (Å²) in [5.74, 6) is -2.59. The molecule has 102 valence electrons. The zero-order chi connectivity index (χ0) is 14.7. The molecule has 2 rings (SSSR count). The summed E-state index contributed by atoms with van der Waals surface area (Å²) >= 11 is 0. The van der Waals surface area contributed by atoms with Crippen molar-refractivity contribution < 1.29 is 24.9 Å². The van der Waals surface area contributed by atoms with Gasteiger partial charge < -0.3 is 15.3 Å². The maximum atomic E-state index is 11.4. The maximum absolute atomic E-state index is 11.4. The number of benzene rings is 2. The van der Waals surface area contributed by atoms with Crippen molar-refractivity contribution in [3.8, 4) is 11.1 Å². The van der Waals surface area contributed by atoms with Gasteiger partial charge >= 0.3 is 11.9 Å². The van der Waals surface area contributed by atoms with Crippen LogP contribution in [0.1, 0.15) is 26.3 Å². The Morgan fingerprint density at radius 3 is 2.25 bits per heavy atom. The van der Waals surface area contributed by atoms with E-state index >= 15 is 0 Å². The van der Waals surface area contributed by atoms with Crippen molar-refractivity contribution in [2.45, 2.75) is 6.61 Å². The van der Waals surface area contributed by atoms with Crippen LogP contribution in [-0.2, 0) is 6.61 Å². The summed E-state index contributed by atoms with van der Waals surface area (Å²) in [5.41, 5.74) is 0.976. The summed E-state index contributed by atoms with van der Waals surface area (Å²) in [7, 11) is 0. The highest BCUT2D eigenvalue weighted by Crippen LogP contribution is 2.27. The van der Waals surface area contributed by atoms with Crippen molar-refractivity contribution in [1.82, 2.24) is 0 Å². The number of hydrogen-bond donors (Lipinski definition) is 3. The molecule has 0 radical (unpaired) electrons. The number of aliphatic hydroxyl groups is 1. The van der Waals surface area contributed by atoms with Gasteiger partial charge in [-0.05, 0) is 28.8 Å². The van der Waals surface area contributed by atoms with Crippen LogP contribution in [0.2, 0.25) is 0 Å². The van der Waals surface area contributed by atoms with Gasteiger partial charge in [0.1, 0.15) is 0 Å². The fourth-order valence-electron chi connectivity index (χ4n) is 2.04. The molecule has 0 atom stereocenters. The quantitative estimate of drug-likeness (QED) is 0.793. The lowest BCUT2D eigenvalue weighted by molar-refractivity contribution is 0.0652. The monoisotopic (exact) mass is 272 g/mol. The number of hydrogen-bond acceptors (Lipinski definition) is 3. The van der Waals surface area contributed by atoms with Crippen LogP contribution in [0, 0.1) is 0 Å². The first-order valence-corrected chi connectivity index (χ1v) is 5.84. The van der Waals surface area contributed by atoms with Gasteiger partial charge in [0.25, 0.3) is 0 Å². The molecule has 0 aromatic heterocycles. The molecule has 0 fully saturated rings. The SMILES string of the molecule is O=C(O)c1cccc(-c2cccc(CO)c2)c1C(=O)O. The van der Waals surface area contributed by atoms with Crippen LogP contribution in [-0.4, -0.2) is 27.3 Å². The van der Waals surface area contributed by atoms with Crippen molar-refractivity contribution in [2.75, 3.05) is 0 Å². The first-order chi connectivity index (χ1) is 9.54.